The minimum absolute atomic E-state index is 0.949. The molecule has 5 heteroatoms. The van der Waals surface area contributed by atoms with Crippen molar-refractivity contribution < 1.29 is 0 Å². The van der Waals surface area contributed by atoms with Gasteiger partial charge in [-0.1, -0.05) is 78.9 Å². The van der Waals surface area contributed by atoms with E-state index in [4.69, 9.17) is 0 Å². The zero-order chi connectivity index (χ0) is 26.5. The summed E-state index contributed by atoms with van der Waals surface area (Å²) >= 11 is 0. The van der Waals surface area contributed by atoms with E-state index in [0.29, 0.717) is 0 Å². The van der Waals surface area contributed by atoms with Crippen LogP contribution < -0.4 is 0 Å². The van der Waals surface area contributed by atoms with E-state index >= 15 is 0 Å². The Hall–Kier alpha value is -5.42. The van der Waals surface area contributed by atoms with Gasteiger partial charge in [-0.25, -0.2) is 0 Å². The summed E-state index contributed by atoms with van der Waals surface area (Å²) in [6.45, 7) is 0. The molecule has 0 fully saturated rings. The molecule has 0 atom stereocenters. The molecule has 0 aliphatic rings. The van der Waals surface area contributed by atoms with E-state index in [0.717, 1.165) is 16.6 Å². The van der Waals surface area contributed by atoms with Crippen LogP contribution in [0.1, 0.15) is 0 Å². The molecule has 0 aliphatic heterocycles. The summed E-state index contributed by atoms with van der Waals surface area (Å²) in [6.07, 6.45) is 10.8. The zero-order valence-corrected chi connectivity index (χ0v) is 21.3. The lowest BCUT2D eigenvalue weighted by Gasteiger charge is -1.91. The van der Waals surface area contributed by atoms with Gasteiger partial charge in [-0.2, -0.15) is 0 Å². The molecule has 0 radical (unpaired) electrons. The third-order valence-corrected chi connectivity index (χ3v) is 5.90. The molecule has 0 amide bonds. The van der Waals surface area contributed by atoms with Gasteiger partial charge >= 0.3 is 0 Å². The lowest BCUT2D eigenvalue weighted by molar-refractivity contribution is 1.29. The monoisotopic (exact) mass is 505 g/mol. The highest BCUT2D eigenvalue weighted by molar-refractivity contribution is 5.81. The van der Waals surface area contributed by atoms with Gasteiger partial charge in [0.1, 0.15) is 0 Å². The van der Waals surface area contributed by atoms with Gasteiger partial charge in [-0.05, 0) is 58.6 Å². The van der Waals surface area contributed by atoms with Crippen molar-refractivity contribution >= 4 is 43.6 Å². The van der Waals surface area contributed by atoms with Gasteiger partial charge in [0.25, 0.3) is 0 Å². The molecule has 0 spiro atoms. The average molecular weight is 506 g/mol. The molecule has 4 aromatic carbocycles. The minimum Gasteiger partial charge on any atom is -0.361 e. The lowest BCUT2D eigenvalue weighted by Crippen LogP contribution is -1.78. The fourth-order valence-corrected chi connectivity index (χ4v) is 3.95. The van der Waals surface area contributed by atoms with Gasteiger partial charge in [0.15, 0.2) is 0 Å². The molecule has 1 N–H and O–H groups in total. The van der Waals surface area contributed by atoms with Gasteiger partial charge in [0, 0.05) is 48.1 Å². The average Bonchev–Trinajstić information content (AvgIpc) is 3.51. The topological polar surface area (TPSA) is 67.3 Å². The Labute approximate surface area is 226 Å². The molecule has 8 rings (SSSR count). The molecule has 4 aromatic heterocycles. The van der Waals surface area contributed by atoms with Gasteiger partial charge in [-0.3, -0.25) is 19.9 Å². The number of aromatic amines is 1. The van der Waals surface area contributed by atoms with Gasteiger partial charge in [0.2, 0.25) is 0 Å². The molecule has 0 unspecified atom stereocenters. The third-order valence-electron chi connectivity index (χ3n) is 5.90. The second kappa shape index (κ2) is 13.2. The molecular weight excluding hydrogens is 478 g/mol. The van der Waals surface area contributed by atoms with Crippen LogP contribution in [0.15, 0.2) is 159 Å². The standard InChI is InChI=1S/2C9H7N.C8H6N2.C8H7N/c1-2-6-9-8(4-1)5-3-7-10-9;1-2-4-9-7-10-6-5-8(9)3-1;1-2-4-8-7(3-1)9-5-6-10-8;1-2-4-8-7(3-1)5-6-9-8/h2*1-7H;1-6H;1-6,9H. The van der Waals surface area contributed by atoms with Crippen LogP contribution in [0.3, 0.4) is 0 Å². The first-order valence-electron chi connectivity index (χ1n) is 12.6. The van der Waals surface area contributed by atoms with Crippen molar-refractivity contribution in [2.24, 2.45) is 0 Å². The predicted molar refractivity (Wildman–Crippen MR) is 161 cm³/mol. The van der Waals surface area contributed by atoms with Crippen molar-refractivity contribution in [2.75, 3.05) is 0 Å². The largest absolute Gasteiger partial charge is 0.361 e. The van der Waals surface area contributed by atoms with Crippen LogP contribution in [0, 0.1) is 0 Å². The molecule has 5 nitrogen and oxygen atoms in total. The van der Waals surface area contributed by atoms with Crippen molar-refractivity contribution in [1.29, 1.82) is 0 Å². The van der Waals surface area contributed by atoms with Crippen molar-refractivity contribution in [3.8, 4) is 0 Å². The summed E-state index contributed by atoms with van der Waals surface area (Å²) in [7, 11) is 0. The normalized spacial score (nSPS) is 10.1. The summed E-state index contributed by atoms with van der Waals surface area (Å²) in [5.74, 6) is 0. The fraction of sp³-hybridized carbons (Fsp3) is 0. The number of rotatable bonds is 0. The molecule has 0 saturated carbocycles. The first kappa shape index (κ1) is 25.2. The SMILES string of the molecule is c1ccc2[nH]ccc2c1.c1ccc2cnccc2c1.c1ccc2ncccc2c1.c1ccc2nccnc2c1. The van der Waals surface area contributed by atoms with Crippen LogP contribution in [0.25, 0.3) is 43.6 Å². The van der Waals surface area contributed by atoms with E-state index in [1.165, 1.54) is 27.1 Å². The number of H-pyrrole nitrogens is 1. The molecular formula is C34H27N5. The quantitative estimate of drug-likeness (QED) is 0.225. The lowest BCUT2D eigenvalue weighted by atomic mass is 10.2. The Morgan fingerprint density at radius 1 is 0.385 bits per heavy atom. The van der Waals surface area contributed by atoms with Crippen LogP contribution >= 0.6 is 0 Å². The summed E-state index contributed by atoms with van der Waals surface area (Å²) in [5, 5.41) is 4.92. The fourth-order valence-electron chi connectivity index (χ4n) is 3.95. The number of para-hydroxylation sites is 4. The summed E-state index contributed by atoms with van der Waals surface area (Å²) in [4.78, 5) is 19.6. The number of hydrogen-bond donors (Lipinski definition) is 1. The number of aromatic nitrogens is 5. The van der Waals surface area contributed by atoms with Crippen LogP contribution in [0.5, 0.6) is 0 Å². The molecule has 39 heavy (non-hydrogen) atoms. The van der Waals surface area contributed by atoms with Crippen molar-refractivity contribution in [1.82, 2.24) is 24.9 Å². The first-order valence-corrected chi connectivity index (χ1v) is 12.6. The third kappa shape index (κ3) is 7.08. The van der Waals surface area contributed by atoms with E-state index < -0.39 is 0 Å². The molecule has 0 bridgehead atoms. The zero-order valence-electron chi connectivity index (χ0n) is 21.3. The van der Waals surface area contributed by atoms with E-state index in [-0.39, 0.29) is 0 Å². The predicted octanol–water partition coefficient (Wildman–Crippen LogP) is 8.27. The number of nitrogens with zero attached hydrogens (tertiary/aromatic N) is 4. The number of nitrogens with one attached hydrogen (secondary N) is 1. The van der Waals surface area contributed by atoms with Crippen molar-refractivity contribution in [3.05, 3.63) is 159 Å². The molecule has 0 saturated heterocycles. The number of hydrogen-bond acceptors (Lipinski definition) is 4. The van der Waals surface area contributed by atoms with E-state index in [9.17, 15) is 0 Å². The van der Waals surface area contributed by atoms with Gasteiger partial charge < -0.3 is 4.98 Å². The van der Waals surface area contributed by atoms with Crippen LogP contribution in [-0.2, 0) is 0 Å². The Balaban J connectivity index is 0.000000105. The maximum atomic E-state index is 4.18. The van der Waals surface area contributed by atoms with E-state index in [1.807, 2.05) is 104 Å². The highest BCUT2D eigenvalue weighted by Crippen LogP contribution is 2.10. The van der Waals surface area contributed by atoms with Crippen LogP contribution in [0.4, 0.5) is 0 Å². The Morgan fingerprint density at radius 2 is 0.949 bits per heavy atom. The highest BCUT2D eigenvalue weighted by atomic mass is 14.8. The number of fused-ring (bicyclic) bond motifs is 4. The second-order valence-corrected chi connectivity index (χ2v) is 8.53. The number of benzene rings is 4. The smallest absolute Gasteiger partial charge is 0.0886 e. The van der Waals surface area contributed by atoms with Crippen molar-refractivity contribution in [2.45, 2.75) is 0 Å². The summed E-state index contributed by atoms with van der Waals surface area (Å²) in [5.41, 5.74) is 4.16. The van der Waals surface area contributed by atoms with Crippen LogP contribution in [-0.4, -0.2) is 24.9 Å². The Bertz CT molecular complexity index is 1500. The Morgan fingerprint density at radius 3 is 1.64 bits per heavy atom. The molecule has 188 valence electrons. The molecule has 0 aliphatic carbocycles. The highest BCUT2D eigenvalue weighted by Gasteiger charge is 1.89. The van der Waals surface area contributed by atoms with E-state index in [2.05, 4.69) is 67.4 Å². The minimum atomic E-state index is 0.949. The second-order valence-electron chi connectivity index (χ2n) is 8.53. The summed E-state index contributed by atoms with van der Waals surface area (Å²) in [6, 6.07) is 40.4. The first-order chi connectivity index (χ1) is 19.4. The van der Waals surface area contributed by atoms with E-state index in [1.54, 1.807) is 12.4 Å². The maximum absolute atomic E-state index is 4.18. The van der Waals surface area contributed by atoms with Crippen LogP contribution in [0.2, 0.25) is 0 Å². The summed E-state index contributed by atoms with van der Waals surface area (Å²) < 4.78 is 0. The van der Waals surface area contributed by atoms with Gasteiger partial charge in [-0.15, -0.1) is 0 Å². The van der Waals surface area contributed by atoms with Crippen molar-refractivity contribution in [3.63, 3.8) is 0 Å². The number of pyridine rings is 2. The molecule has 4 heterocycles. The Kier molecular flexibility index (Phi) is 8.55. The molecule has 8 aromatic rings. The van der Waals surface area contributed by atoms with Gasteiger partial charge in [0.05, 0.1) is 16.6 Å². The maximum Gasteiger partial charge on any atom is 0.0886 e.